The number of hydrogen-bond donors (Lipinski definition) is 2. The maximum atomic E-state index is 12.6. The van der Waals surface area contributed by atoms with Gasteiger partial charge in [0.15, 0.2) is 0 Å². The van der Waals surface area contributed by atoms with Crippen molar-refractivity contribution in [3.05, 3.63) is 17.5 Å². The van der Waals surface area contributed by atoms with E-state index in [1.807, 2.05) is 26.2 Å². The van der Waals surface area contributed by atoms with Gasteiger partial charge in [0.05, 0.1) is 0 Å². The van der Waals surface area contributed by atoms with Gasteiger partial charge in [0.25, 0.3) is 0 Å². The number of nitrogens with one attached hydrogen (secondary N) is 2. The Labute approximate surface area is 148 Å². The molecule has 0 saturated carbocycles. The predicted molar refractivity (Wildman–Crippen MR) is 98.5 cm³/mol. The van der Waals surface area contributed by atoms with Crippen LogP contribution in [0.4, 0.5) is 5.95 Å². The van der Waals surface area contributed by atoms with Gasteiger partial charge in [-0.15, -0.1) is 0 Å². The predicted octanol–water partition coefficient (Wildman–Crippen LogP) is 2.17. The number of anilines is 1. The number of thioether (sulfide) groups is 1. The molecule has 2 N–H and O–H groups in total. The lowest BCUT2D eigenvalue weighted by molar-refractivity contribution is -0.122. The summed E-state index contributed by atoms with van der Waals surface area (Å²) in [6, 6.07) is 1.62. The summed E-state index contributed by atoms with van der Waals surface area (Å²) in [7, 11) is 0. The minimum Gasteiger partial charge on any atom is -0.381 e. The molecule has 134 valence electrons. The Morgan fingerprint density at radius 3 is 2.62 bits per heavy atom. The highest BCUT2D eigenvalue weighted by molar-refractivity contribution is 7.98. The molecule has 1 amide bonds. The Kier molecular flexibility index (Phi) is 7.78. The quantitative estimate of drug-likeness (QED) is 0.747. The average molecular weight is 353 g/mol. The lowest BCUT2D eigenvalue weighted by Gasteiger charge is -2.24. The number of aromatic nitrogens is 2. The summed E-state index contributed by atoms with van der Waals surface area (Å²) in [5.41, 5.74) is 1.80. The zero-order valence-corrected chi connectivity index (χ0v) is 15.6. The van der Waals surface area contributed by atoms with E-state index in [4.69, 9.17) is 4.74 Å². The molecule has 1 aromatic rings. The van der Waals surface area contributed by atoms with Crippen LogP contribution in [0.15, 0.2) is 6.07 Å². The molecule has 0 spiro atoms. The van der Waals surface area contributed by atoms with E-state index < -0.39 is 0 Å². The van der Waals surface area contributed by atoms with Crippen LogP contribution in [0.3, 0.4) is 0 Å². The Hall–Kier alpha value is -1.34. The fourth-order valence-electron chi connectivity index (χ4n) is 2.77. The van der Waals surface area contributed by atoms with Gasteiger partial charge in [-0.2, -0.15) is 11.8 Å². The number of carbonyl (C=O) groups is 1. The number of amides is 1. The molecule has 1 aliphatic rings. The van der Waals surface area contributed by atoms with Crippen LogP contribution >= 0.6 is 11.8 Å². The van der Waals surface area contributed by atoms with E-state index in [1.54, 1.807) is 11.8 Å². The maximum absolute atomic E-state index is 12.6. The third-order valence-electron chi connectivity index (χ3n) is 4.12. The molecule has 24 heavy (non-hydrogen) atoms. The first kappa shape index (κ1) is 19.0. The summed E-state index contributed by atoms with van der Waals surface area (Å²) in [6.45, 7) is 6.17. The van der Waals surface area contributed by atoms with Crippen LogP contribution in [0.25, 0.3) is 0 Å². The second-order valence-electron chi connectivity index (χ2n) is 6.25. The monoisotopic (exact) mass is 352 g/mol. The van der Waals surface area contributed by atoms with Crippen LogP contribution < -0.4 is 10.6 Å². The first-order valence-corrected chi connectivity index (χ1v) is 9.91. The van der Waals surface area contributed by atoms with Gasteiger partial charge in [0, 0.05) is 31.1 Å². The molecule has 2 heterocycles. The Morgan fingerprint density at radius 1 is 1.33 bits per heavy atom. The molecule has 1 saturated heterocycles. The molecule has 1 fully saturated rings. The number of aryl methyl sites for hydroxylation is 2. The third kappa shape index (κ3) is 6.28. The highest BCUT2D eigenvalue weighted by Gasteiger charge is 2.21. The molecule has 1 aliphatic heterocycles. The maximum Gasteiger partial charge on any atom is 0.242 e. The molecule has 7 heteroatoms. The zero-order valence-electron chi connectivity index (χ0n) is 14.8. The Balaban J connectivity index is 1.93. The van der Waals surface area contributed by atoms with E-state index in [2.05, 4.69) is 20.6 Å². The minimum atomic E-state index is -0.307. The molecular weight excluding hydrogens is 324 g/mol. The molecular formula is C17H28N4O2S. The van der Waals surface area contributed by atoms with Crippen molar-refractivity contribution in [1.29, 1.82) is 0 Å². The van der Waals surface area contributed by atoms with E-state index in [-0.39, 0.29) is 11.9 Å². The molecule has 0 radical (unpaired) electrons. The summed E-state index contributed by atoms with van der Waals surface area (Å²) in [6.07, 6.45) is 4.83. The fourth-order valence-corrected chi connectivity index (χ4v) is 3.24. The summed E-state index contributed by atoms with van der Waals surface area (Å²) >= 11 is 1.73. The van der Waals surface area contributed by atoms with Crippen molar-refractivity contribution in [2.45, 2.75) is 39.2 Å². The van der Waals surface area contributed by atoms with Gasteiger partial charge in [-0.1, -0.05) is 0 Å². The molecule has 0 unspecified atom stereocenters. The first-order chi connectivity index (χ1) is 11.6. The molecule has 1 aromatic heterocycles. The Morgan fingerprint density at radius 2 is 2.00 bits per heavy atom. The topological polar surface area (TPSA) is 76.1 Å². The van der Waals surface area contributed by atoms with Gasteiger partial charge >= 0.3 is 0 Å². The third-order valence-corrected chi connectivity index (χ3v) is 4.76. The van der Waals surface area contributed by atoms with Crippen LogP contribution in [0.1, 0.15) is 30.7 Å². The summed E-state index contributed by atoms with van der Waals surface area (Å²) in [5.74, 6) is 1.98. The van der Waals surface area contributed by atoms with E-state index in [0.717, 1.165) is 49.6 Å². The molecule has 1 atom stereocenters. The highest BCUT2D eigenvalue weighted by atomic mass is 32.2. The van der Waals surface area contributed by atoms with Gasteiger partial charge in [0.2, 0.25) is 11.9 Å². The summed E-state index contributed by atoms with van der Waals surface area (Å²) < 4.78 is 5.36. The largest absolute Gasteiger partial charge is 0.381 e. The van der Waals surface area contributed by atoms with Gasteiger partial charge in [-0.25, -0.2) is 9.97 Å². The standard InChI is InChI=1S/C17H28N4O2S/c1-12-10-13(2)20-17(19-12)21-15(6-9-24-3)16(22)18-11-14-4-7-23-8-5-14/h10,14-15H,4-9,11H2,1-3H3,(H,18,22)(H,19,20,21)/t15-/m0/s1. The first-order valence-electron chi connectivity index (χ1n) is 8.51. The molecule has 6 nitrogen and oxygen atoms in total. The van der Waals surface area contributed by atoms with E-state index >= 15 is 0 Å². The second kappa shape index (κ2) is 9.84. The van der Waals surface area contributed by atoms with Crippen molar-refractivity contribution in [1.82, 2.24) is 15.3 Å². The SMILES string of the molecule is CSCC[C@H](Nc1nc(C)cc(C)n1)C(=O)NCC1CCOCC1. The number of rotatable bonds is 8. The smallest absolute Gasteiger partial charge is 0.242 e. The average Bonchev–Trinajstić information content (AvgIpc) is 2.56. The van der Waals surface area contributed by atoms with Crippen LogP contribution in [0.5, 0.6) is 0 Å². The highest BCUT2D eigenvalue weighted by Crippen LogP contribution is 2.14. The van der Waals surface area contributed by atoms with Crippen LogP contribution in [-0.2, 0) is 9.53 Å². The second-order valence-corrected chi connectivity index (χ2v) is 7.24. The van der Waals surface area contributed by atoms with Crippen molar-refractivity contribution < 1.29 is 9.53 Å². The lowest BCUT2D eigenvalue weighted by Crippen LogP contribution is -2.43. The number of nitrogens with zero attached hydrogens (tertiary/aromatic N) is 2. The van der Waals surface area contributed by atoms with Gasteiger partial charge in [-0.05, 0) is 57.1 Å². The number of hydrogen-bond acceptors (Lipinski definition) is 6. The molecule has 0 aromatic carbocycles. The van der Waals surface area contributed by atoms with E-state index in [1.165, 1.54) is 0 Å². The van der Waals surface area contributed by atoms with Gasteiger partial charge in [-0.3, -0.25) is 4.79 Å². The van der Waals surface area contributed by atoms with Crippen molar-refractivity contribution in [2.24, 2.45) is 5.92 Å². The number of ether oxygens (including phenoxy) is 1. The zero-order chi connectivity index (χ0) is 17.4. The van der Waals surface area contributed by atoms with Crippen LogP contribution in [0, 0.1) is 19.8 Å². The normalized spacial score (nSPS) is 16.6. The summed E-state index contributed by atoms with van der Waals surface area (Å²) in [5, 5.41) is 6.30. The van der Waals surface area contributed by atoms with Crippen LogP contribution in [-0.4, -0.2) is 53.7 Å². The Bertz CT molecular complexity index is 515. The van der Waals surface area contributed by atoms with Crippen molar-refractivity contribution >= 4 is 23.6 Å². The van der Waals surface area contributed by atoms with E-state index in [9.17, 15) is 4.79 Å². The minimum absolute atomic E-state index is 0.0262. The molecule has 0 bridgehead atoms. The van der Waals surface area contributed by atoms with Crippen LogP contribution in [0.2, 0.25) is 0 Å². The lowest BCUT2D eigenvalue weighted by atomic mass is 10.0. The molecule has 2 rings (SSSR count). The van der Waals surface area contributed by atoms with Crippen molar-refractivity contribution in [3.63, 3.8) is 0 Å². The van der Waals surface area contributed by atoms with Gasteiger partial charge < -0.3 is 15.4 Å². The fraction of sp³-hybridized carbons (Fsp3) is 0.706. The molecule has 0 aliphatic carbocycles. The van der Waals surface area contributed by atoms with Crippen molar-refractivity contribution in [3.8, 4) is 0 Å². The van der Waals surface area contributed by atoms with Gasteiger partial charge in [0.1, 0.15) is 6.04 Å². The summed E-state index contributed by atoms with van der Waals surface area (Å²) in [4.78, 5) is 21.4. The van der Waals surface area contributed by atoms with Crippen molar-refractivity contribution in [2.75, 3.05) is 37.1 Å². The number of carbonyl (C=O) groups excluding carboxylic acids is 1. The van der Waals surface area contributed by atoms with E-state index in [0.29, 0.717) is 18.4 Å².